The summed E-state index contributed by atoms with van der Waals surface area (Å²) < 4.78 is 21.1. The number of hydrogen-bond acceptors (Lipinski definition) is 4. The average Bonchev–Trinajstić information content (AvgIpc) is 2.73. The van der Waals surface area contributed by atoms with Crippen LogP contribution in [0.25, 0.3) is 16.6 Å². The minimum Gasteiger partial charge on any atom is -0.490 e. The molecule has 0 bridgehead atoms. The normalized spacial score (nSPS) is 12.3. The number of aromatic nitrogens is 2. The lowest BCUT2D eigenvalue weighted by Gasteiger charge is -2.18. The molecule has 0 aliphatic heterocycles. The fraction of sp³-hybridized carbons (Fsp3) is 0.417. The summed E-state index contributed by atoms with van der Waals surface area (Å²) in [5.41, 5.74) is 0.862. The van der Waals surface area contributed by atoms with E-state index >= 15 is 0 Å². The third-order valence-electron chi connectivity index (χ3n) is 5.20. The van der Waals surface area contributed by atoms with Gasteiger partial charge in [0.15, 0.2) is 0 Å². The van der Waals surface area contributed by atoms with E-state index in [1.807, 2.05) is 24.3 Å². The zero-order valence-electron chi connectivity index (χ0n) is 18.0. The van der Waals surface area contributed by atoms with E-state index in [0.717, 1.165) is 31.7 Å². The Bertz CT molecular complexity index is 1030. The number of ether oxygens (including phenoxy) is 1. The molecule has 0 fully saturated rings. The first-order valence-electron chi connectivity index (χ1n) is 10.7. The van der Waals surface area contributed by atoms with Crippen molar-refractivity contribution in [2.24, 2.45) is 0 Å². The summed E-state index contributed by atoms with van der Waals surface area (Å²) in [4.78, 5) is 17.3. The van der Waals surface area contributed by atoms with Gasteiger partial charge in [-0.15, -0.1) is 0 Å². The maximum absolute atomic E-state index is 13.5. The van der Waals surface area contributed by atoms with E-state index in [1.165, 1.54) is 31.0 Å². The number of halogens is 1. The number of nitrogens with one attached hydrogen (secondary N) is 1. The van der Waals surface area contributed by atoms with Crippen molar-refractivity contribution in [2.45, 2.75) is 52.6 Å². The van der Waals surface area contributed by atoms with Crippen LogP contribution in [0, 0.1) is 12.7 Å². The molecule has 2 aromatic carbocycles. The third kappa shape index (κ3) is 5.25. The van der Waals surface area contributed by atoms with Gasteiger partial charge in [0.2, 0.25) is 0 Å². The van der Waals surface area contributed by atoms with Gasteiger partial charge >= 0.3 is 0 Å². The van der Waals surface area contributed by atoms with Crippen LogP contribution in [0.4, 0.5) is 4.39 Å². The molecular weight excluding hydrogens is 381 g/mol. The summed E-state index contributed by atoms with van der Waals surface area (Å²) >= 11 is 0. The van der Waals surface area contributed by atoms with E-state index in [2.05, 4.69) is 24.1 Å². The second-order valence-corrected chi connectivity index (χ2v) is 7.50. The summed E-state index contributed by atoms with van der Waals surface area (Å²) in [5.74, 6) is 0.885. The highest BCUT2D eigenvalue weighted by Crippen LogP contribution is 2.19. The number of nitrogens with zero attached hydrogens (tertiary/aromatic N) is 2. The van der Waals surface area contributed by atoms with Crippen LogP contribution in [-0.2, 0) is 0 Å². The van der Waals surface area contributed by atoms with E-state index in [4.69, 9.17) is 4.74 Å². The molecular formula is C24H30FN3O2. The van der Waals surface area contributed by atoms with Crippen molar-refractivity contribution in [2.75, 3.05) is 13.1 Å². The van der Waals surface area contributed by atoms with Gasteiger partial charge in [0.05, 0.1) is 22.7 Å². The van der Waals surface area contributed by atoms with E-state index in [0.29, 0.717) is 22.4 Å². The fourth-order valence-electron chi connectivity index (χ4n) is 3.48. The van der Waals surface area contributed by atoms with Crippen LogP contribution in [0.15, 0.2) is 47.3 Å². The van der Waals surface area contributed by atoms with Gasteiger partial charge in [-0.3, -0.25) is 9.36 Å². The van der Waals surface area contributed by atoms with Crippen molar-refractivity contribution in [3.8, 4) is 11.4 Å². The molecule has 5 nitrogen and oxygen atoms in total. The van der Waals surface area contributed by atoms with Gasteiger partial charge in [-0.1, -0.05) is 20.3 Å². The molecule has 0 aliphatic rings. The Morgan fingerprint density at radius 3 is 2.60 bits per heavy atom. The molecule has 1 N–H and O–H groups in total. The number of rotatable bonds is 10. The second kappa shape index (κ2) is 10.3. The summed E-state index contributed by atoms with van der Waals surface area (Å²) in [6, 6.07) is 11.5. The Hall–Kier alpha value is -2.73. The largest absolute Gasteiger partial charge is 0.490 e. The smallest absolute Gasteiger partial charge is 0.265 e. The van der Waals surface area contributed by atoms with E-state index in [1.54, 1.807) is 11.5 Å². The van der Waals surface area contributed by atoms with Gasteiger partial charge in [0.25, 0.3) is 5.56 Å². The maximum Gasteiger partial charge on any atom is 0.265 e. The average molecular weight is 412 g/mol. The number of benzene rings is 2. The number of fused-ring (bicyclic) bond motifs is 1. The van der Waals surface area contributed by atoms with Crippen molar-refractivity contribution in [1.82, 2.24) is 14.9 Å². The first-order valence-corrected chi connectivity index (χ1v) is 10.7. The number of unbranched alkanes of at least 4 members (excludes halogenated alkanes) is 1. The quantitative estimate of drug-likeness (QED) is 0.488. The predicted molar refractivity (Wildman–Crippen MR) is 119 cm³/mol. The van der Waals surface area contributed by atoms with E-state index in [9.17, 15) is 9.18 Å². The third-order valence-corrected chi connectivity index (χ3v) is 5.20. The molecule has 1 heterocycles. The Kier molecular flexibility index (Phi) is 7.57. The highest BCUT2D eigenvalue weighted by molar-refractivity contribution is 5.78. The van der Waals surface area contributed by atoms with Crippen molar-refractivity contribution in [3.63, 3.8) is 0 Å². The molecule has 6 heteroatoms. The van der Waals surface area contributed by atoms with Gasteiger partial charge in [0, 0.05) is 6.07 Å². The van der Waals surface area contributed by atoms with Crippen molar-refractivity contribution in [3.05, 3.63) is 64.5 Å². The number of aryl methyl sites for hydroxylation is 1. The fourth-order valence-corrected chi connectivity index (χ4v) is 3.48. The minimum atomic E-state index is -0.404. The maximum atomic E-state index is 13.5. The molecule has 1 aromatic heterocycles. The predicted octanol–water partition coefficient (Wildman–Crippen LogP) is 4.77. The van der Waals surface area contributed by atoms with Gasteiger partial charge in [-0.05, 0) is 75.7 Å². The summed E-state index contributed by atoms with van der Waals surface area (Å²) in [6.07, 6.45) is 4.41. The highest BCUT2D eigenvalue weighted by Gasteiger charge is 2.12. The molecule has 160 valence electrons. The monoisotopic (exact) mass is 411 g/mol. The Morgan fingerprint density at radius 2 is 1.90 bits per heavy atom. The van der Waals surface area contributed by atoms with Crippen LogP contribution in [0.3, 0.4) is 0 Å². The van der Waals surface area contributed by atoms with Crippen LogP contribution in [0.2, 0.25) is 0 Å². The lowest BCUT2D eigenvalue weighted by Crippen LogP contribution is -2.24. The zero-order valence-corrected chi connectivity index (χ0v) is 18.0. The SMILES string of the molecule is CCCCNCCC(CC)Oc1ccc(-n2c(C)nc3cc(F)ccc3c2=O)cc1. The molecule has 0 amide bonds. The summed E-state index contributed by atoms with van der Waals surface area (Å²) in [6.45, 7) is 8.04. The van der Waals surface area contributed by atoms with E-state index in [-0.39, 0.29) is 11.7 Å². The van der Waals surface area contributed by atoms with Crippen molar-refractivity contribution < 1.29 is 9.13 Å². The van der Waals surface area contributed by atoms with Crippen LogP contribution in [0.1, 0.15) is 45.4 Å². The Labute approximate surface area is 176 Å². The molecule has 0 saturated heterocycles. The van der Waals surface area contributed by atoms with Crippen LogP contribution >= 0.6 is 0 Å². The molecule has 30 heavy (non-hydrogen) atoms. The molecule has 0 radical (unpaired) electrons. The van der Waals surface area contributed by atoms with Gasteiger partial charge in [-0.25, -0.2) is 9.37 Å². The van der Waals surface area contributed by atoms with Crippen LogP contribution in [0.5, 0.6) is 5.75 Å². The standard InChI is InChI=1S/C24H30FN3O2/c1-4-6-14-26-15-13-20(5-2)30-21-10-8-19(9-11-21)28-17(3)27-23-16-18(25)7-12-22(23)24(28)29/h7-12,16,20,26H,4-6,13-15H2,1-3H3. The van der Waals surface area contributed by atoms with Crippen molar-refractivity contribution in [1.29, 1.82) is 0 Å². The summed E-state index contributed by atoms with van der Waals surface area (Å²) in [5, 5.41) is 3.84. The van der Waals surface area contributed by atoms with Crippen LogP contribution in [-0.4, -0.2) is 28.7 Å². The van der Waals surface area contributed by atoms with Crippen LogP contribution < -0.4 is 15.6 Å². The molecule has 0 saturated carbocycles. The van der Waals surface area contributed by atoms with Gasteiger partial charge in [-0.2, -0.15) is 0 Å². The second-order valence-electron chi connectivity index (χ2n) is 7.50. The Balaban J connectivity index is 1.74. The topological polar surface area (TPSA) is 56.1 Å². The zero-order chi connectivity index (χ0) is 21.5. The Morgan fingerprint density at radius 1 is 1.13 bits per heavy atom. The first kappa shape index (κ1) is 22.0. The molecule has 3 rings (SSSR count). The van der Waals surface area contributed by atoms with E-state index < -0.39 is 5.82 Å². The lowest BCUT2D eigenvalue weighted by atomic mass is 10.2. The van der Waals surface area contributed by atoms with Gasteiger partial charge < -0.3 is 10.1 Å². The molecule has 1 atom stereocenters. The van der Waals surface area contributed by atoms with Crippen molar-refractivity contribution >= 4 is 10.9 Å². The summed E-state index contributed by atoms with van der Waals surface area (Å²) in [7, 11) is 0. The molecule has 3 aromatic rings. The first-order chi connectivity index (χ1) is 14.5. The lowest BCUT2D eigenvalue weighted by molar-refractivity contribution is 0.186. The highest BCUT2D eigenvalue weighted by atomic mass is 19.1. The number of hydrogen-bond donors (Lipinski definition) is 1. The molecule has 0 spiro atoms. The van der Waals surface area contributed by atoms with Gasteiger partial charge in [0.1, 0.15) is 17.4 Å². The molecule has 1 unspecified atom stereocenters. The molecule has 0 aliphatic carbocycles. The minimum absolute atomic E-state index is 0.145.